The third-order valence-electron chi connectivity index (χ3n) is 1.73. The number of aromatic nitrogens is 2. The van der Waals surface area contributed by atoms with E-state index < -0.39 is 10.1 Å². The third kappa shape index (κ3) is 3.78. The molecule has 0 aliphatic carbocycles. The first-order valence-corrected chi connectivity index (χ1v) is 5.86. The maximum Gasteiger partial charge on any atom is 1.00 e. The number of rotatable bonds is 3. The van der Waals surface area contributed by atoms with Crippen molar-refractivity contribution in [2.45, 2.75) is 5.03 Å². The van der Waals surface area contributed by atoms with Crippen LogP contribution in [0.1, 0.15) is 1.43 Å². The van der Waals surface area contributed by atoms with Crippen LogP contribution in [0.2, 0.25) is 0 Å². The van der Waals surface area contributed by atoms with Crippen molar-refractivity contribution in [2.75, 3.05) is 0 Å². The van der Waals surface area contributed by atoms with E-state index in [1.54, 1.807) is 24.3 Å². The molecular weight excluding hydrogens is 251 g/mol. The molecule has 7 heteroatoms. The molecule has 0 radical (unpaired) electrons. The van der Waals surface area contributed by atoms with Crippen molar-refractivity contribution in [1.82, 2.24) is 9.97 Å². The number of pyridine rings is 2. The Bertz CT molecular complexity index is 566. The second-order valence-corrected chi connectivity index (χ2v) is 4.37. The summed E-state index contributed by atoms with van der Waals surface area (Å²) in [6.45, 7) is 0. The van der Waals surface area contributed by atoms with Gasteiger partial charge in [-0.25, -0.2) is 9.97 Å². The Morgan fingerprint density at radius 3 is 2.18 bits per heavy atom. The van der Waals surface area contributed by atoms with Gasteiger partial charge in [0, 0.05) is 18.5 Å². The molecule has 0 fully saturated rings. The Morgan fingerprint density at radius 1 is 1.00 bits per heavy atom. The van der Waals surface area contributed by atoms with Crippen molar-refractivity contribution >= 4 is 10.1 Å². The van der Waals surface area contributed by atoms with E-state index in [9.17, 15) is 8.42 Å². The first kappa shape index (κ1) is 14.1. The molecule has 17 heavy (non-hydrogen) atoms. The van der Waals surface area contributed by atoms with Crippen molar-refractivity contribution in [1.29, 1.82) is 0 Å². The van der Waals surface area contributed by atoms with Gasteiger partial charge < -0.3 is 5.61 Å². The Kier molecular flexibility index (Phi) is 5.07. The van der Waals surface area contributed by atoms with Gasteiger partial charge in [0.15, 0.2) is 5.03 Å². The second-order valence-electron chi connectivity index (χ2n) is 2.87. The van der Waals surface area contributed by atoms with Crippen LogP contribution >= 0.6 is 0 Å². The molecule has 0 aliphatic rings. The number of nitrogens with zero attached hydrogens (tertiary/aromatic N) is 2. The van der Waals surface area contributed by atoms with E-state index in [-0.39, 0.29) is 41.9 Å². The van der Waals surface area contributed by atoms with E-state index in [1.165, 1.54) is 24.5 Å². The SMILES string of the molecule is O=S(=O)(Oc1ccccn1)c1ccccn1.[H-].[Na+]. The van der Waals surface area contributed by atoms with Gasteiger partial charge in [-0.05, 0) is 18.2 Å². The molecule has 2 rings (SSSR count). The van der Waals surface area contributed by atoms with E-state index in [4.69, 9.17) is 4.18 Å². The summed E-state index contributed by atoms with van der Waals surface area (Å²) < 4.78 is 28.1. The Balaban J connectivity index is 0.00000144. The molecule has 0 saturated carbocycles. The molecule has 0 saturated heterocycles. The number of hydrogen-bond acceptors (Lipinski definition) is 5. The van der Waals surface area contributed by atoms with E-state index in [0.29, 0.717) is 0 Å². The molecule has 0 bridgehead atoms. The maximum absolute atomic E-state index is 11.7. The predicted octanol–water partition coefficient (Wildman–Crippen LogP) is -1.64. The van der Waals surface area contributed by atoms with Crippen LogP contribution in [0, 0.1) is 0 Å². The minimum atomic E-state index is -3.89. The molecule has 0 atom stereocenters. The summed E-state index contributed by atoms with van der Waals surface area (Å²) in [5.41, 5.74) is 0. The quantitative estimate of drug-likeness (QED) is 0.489. The van der Waals surface area contributed by atoms with Crippen LogP contribution in [-0.4, -0.2) is 18.4 Å². The van der Waals surface area contributed by atoms with Gasteiger partial charge in [-0.15, -0.1) is 0 Å². The normalized spacial score (nSPS) is 10.4. The summed E-state index contributed by atoms with van der Waals surface area (Å²) in [5.74, 6) is 0.0214. The van der Waals surface area contributed by atoms with Crippen LogP contribution in [0.3, 0.4) is 0 Å². The predicted molar refractivity (Wildman–Crippen MR) is 57.4 cm³/mol. The van der Waals surface area contributed by atoms with Gasteiger partial charge in [0.05, 0.1) is 0 Å². The van der Waals surface area contributed by atoms with E-state index in [0.717, 1.165) is 0 Å². The summed E-state index contributed by atoms with van der Waals surface area (Å²) in [6.07, 6.45) is 2.83. The first-order valence-electron chi connectivity index (χ1n) is 4.45. The smallest absolute Gasteiger partial charge is 1.00 e. The van der Waals surface area contributed by atoms with Crippen LogP contribution in [0.5, 0.6) is 5.88 Å². The van der Waals surface area contributed by atoms with E-state index in [2.05, 4.69) is 9.97 Å². The Morgan fingerprint density at radius 2 is 1.65 bits per heavy atom. The largest absolute Gasteiger partial charge is 1.00 e. The molecule has 0 spiro atoms. The molecule has 0 unspecified atom stereocenters. The molecule has 0 aromatic carbocycles. The second kappa shape index (κ2) is 6.11. The van der Waals surface area contributed by atoms with Gasteiger partial charge in [-0.1, -0.05) is 12.1 Å². The maximum atomic E-state index is 11.7. The van der Waals surface area contributed by atoms with Crippen molar-refractivity contribution in [3.8, 4) is 5.88 Å². The van der Waals surface area contributed by atoms with E-state index >= 15 is 0 Å². The van der Waals surface area contributed by atoms with Crippen LogP contribution in [-0.2, 0) is 10.1 Å². The van der Waals surface area contributed by atoms with Crippen LogP contribution in [0.4, 0.5) is 0 Å². The van der Waals surface area contributed by atoms with Crippen LogP contribution in [0.25, 0.3) is 0 Å². The molecular formula is C10H9N2NaO3S. The first-order chi connectivity index (χ1) is 7.68. The molecule has 5 nitrogen and oxygen atoms in total. The summed E-state index contributed by atoms with van der Waals surface area (Å²) in [5, 5.41) is -0.138. The Labute approximate surface area is 123 Å². The summed E-state index contributed by atoms with van der Waals surface area (Å²) in [4.78, 5) is 7.47. The van der Waals surface area contributed by atoms with Crippen LogP contribution < -0.4 is 33.7 Å². The fourth-order valence-corrected chi connectivity index (χ4v) is 1.89. The molecule has 0 N–H and O–H groups in total. The minimum Gasteiger partial charge on any atom is -1.00 e. The zero-order valence-electron chi connectivity index (χ0n) is 10.1. The van der Waals surface area contributed by atoms with Crippen LogP contribution in [0.15, 0.2) is 53.8 Å². The summed E-state index contributed by atoms with van der Waals surface area (Å²) >= 11 is 0. The summed E-state index contributed by atoms with van der Waals surface area (Å²) in [6, 6.07) is 9.32. The molecule has 2 aromatic rings. The van der Waals surface area contributed by atoms with Gasteiger partial charge in [0.2, 0.25) is 5.88 Å². The standard InChI is InChI=1S/C10H8N2O3S.Na.H/c13-16(14,10-6-2-4-8-12-10)15-9-5-1-3-7-11-9;;/h1-8H;;/q;+1;-1. The average molecular weight is 260 g/mol. The topological polar surface area (TPSA) is 69.2 Å². The van der Waals surface area contributed by atoms with Crippen molar-refractivity contribution in [2.24, 2.45) is 0 Å². The van der Waals surface area contributed by atoms with Crippen molar-refractivity contribution in [3.05, 3.63) is 48.8 Å². The summed E-state index contributed by atoms with van der Waals surface area (Å²) in [7, 11) is -3.89. The van der Waals surface area contributed by atoms with Gasteiger partial charge in [-0.2, -0.15) is 8.42 Å². The molecule has 0 aliphatic heterocycles. The fraction of sp³-hybridized carbons (Fsp3) is 0. The molecule has 84 valence electrons. The fourth-order valence-electron chi connectivity index (χ4n) is 1.05. The van der Waals surface area contributed by atoms with Gasteiger partial charge in [0.25, 0.3) is 0 Å². The van der Waals surface area contributed by atoms with Gasteiger partial charge in [0.1, 0.15) is 0 Å². The van der Waals surface area contributed by atoms with E-state index in [1.807, 2.05) is 0 Å². The Hall–Kier alpha value is -0.950. The van der Waals surface area contributed by atoms with Crippen molar-refractivity contribution in [3.63, 3.8) is 0 Å². The molecule has 2 heterocycles. The van der Waals surface area contributed by atoms with Gasteiger partial charge >= 0.3 is 39.7 Å². The average Bonchev–Trinajstić information content (AvgIpc) is 2.31. The molecule has 2 aromatic heterocycles. The minimum absolute atomic E-state index is 0. The number of hydrogen-bond donors (Lipinski definition) is 0. The third-order valence-corrected chi connectivity index (χ3v) is 2.87. The van der Waals surface area contributed by atoms with Crippen molar-refractivity contribution < 1.29 is 43.6 Å². The zero-order valence-corrected chi connectivity index (χ0v) is 12.0. The zero-order chi connectivity index (χ0) is 11.4. The molecule has 0 amide bonds. The monoisotopic (exact) mass is 260 g/mol. The van der Waals surface area contributed by atoms with Gasteiger partial charge in [-0.3, -0.25) is 0 Å².